The quantitative estimate of drug-likeness (QED) is 0.331. The van der Waals surface area contributed by atoms with Crippen LogP contribution in [0.5, 0.6) is 11.5 Å². The Morgan fingerprint density at radius 2 is 1.55 bits per heavy atom. The van der Waals surface area contributed by atoms with Gasteiger partial charge in [0.2, 0.25) is 0 Å². The van der Waals surface area contributed by atoms with E-state index in [1.54, 1.807) is 24.3 Å². The predicted molar refractivity (Wildman–Crippen MR) is 127 cm³/mol. The van der Waals surface area contributed by atoms with Gasteiger partial charge in [0.05, 0.1) is 6.42 Å². The van der Waals surface area contributed by atoms with Gasteiger partial charge in [-0.3, -0.25) is 4.79 Å². The van der Waals surface area contributed by atoms with Gasteiger partial charge in [0, 0.05) is 11.6 Å². The van der Waals surface area contributed by atoms with E-state index in [2.05, 4.69) is 5.16 Å². The third kappa shape index (κ3) is 7.36. The second-order valence-electron chi connectivity index (χ2n) is 7.58. The highest BCUT2D eigenvalue weighted by Gasteiger charge is 2.10. The van der Waals surface area contributed by atoms with Crippen molar-refractivity contribution < 1.29 is 24.2 Å². The Morgan fingerprint density at radius 3 is 2.15 bits per heavy atom. The summed E-state index contributed by atoms with van der Waals surface area (Å²) in [7, 11) is 1.51. The van der Waals surface area contributed by atoms with Gasteiger partial charge in [0.25, 0.3) is 0 Å². The molecular formula is C26H28N2O5. The maximum atomic E-state index is 10.8. The summed E-state index contributed by atoms with van der Waals surface area (Å²) in [6, 6.07) is 22.3. The summed E-state index contributed by atoms with van der Waals surface area (Å²) in [5, 5.41) is 12.9. The molecule has 0 spiro atoms. The minimum Gasteiger partial charge on any atom is -0.489 e. The molecule has 0 bridgehead atoms. The fourth-order valence-electron chi connectivity index (χ4n) is 3.14. The number of aliphatic carboxylic acids is 1. The van der Waals surface area contributed by atoms with E-state index in [0.717, 1.165) is 16.7 Å². The fraction of sp³-hybridized carbons (Fsp3) is 0.231. The van der Waals surface area contributed by atoms with E-state index < -0.39 is 12.0 Å². The average Bonchev–Trinajstić information content (AvgIpc) is 2.81. The molecule has 0 aromatic heterocycles. The molecule has 0 fully saturated rings. The molecule has 0 saturated carbocycles. The number of nitrogens with two attached hydrogens (primary N) is 1. The van der Waals surface area contributed by atoms with Crippen molar-refractivity contribution in [3.05, 3.63) is 95.1 Å². The van der Waals surface area contributed by atoms with Crippen molar-refractivity contribution in [1.82, 2.24) is 0 Å². The zero-order chi connectivity index (χ0) is 23.6. The number of benzene rings is 3. The van der Waals surface area contributed by atoms with Crippen LogP contribution in [0.4, 0.5) is 0 Å². The van der Waals surface area contributed by atoms with E-state index in [0.29, 0.717) is 23.8 Å². The van der Waals surface area contributed by atoms with E-state index in [1.165, 1.54) is 12.7 Å². The van der Waals surface area contributed by atoms with E-state index in [9.17, 15) is 4.79 Å². The van der Waals surface area contributed by atoms with Crippen LogP contribution in [-0.2, 0) is 16.2 Å². The summed E-state index contributed by atoms with van der Waals surface area (Å²) in [5.74, 6) is 0.471. The van der Waals surface area contributed by atoms with E-state index in [-0.39, 0.29) is 13.0 Å². The van der Waals surface area contributed by atoms with Gasteiger partial charge < -0.3 is 25.2 Å². The molecule has 0 aliphatic rings. The minimum atomic E-state index is -0.924. The van der Waals surface area contributed by atoms with Crippen molar-refractivity contribution in [1.29, 1.82) is 0 Å². The zero-order valence-corrected chi connectivity index (χ0v) is 18.7. The van der Waals surface area contributed by atoms with Crippen LogP contribution in [0.3, 0.4) is 0 Å². The van der Waals surface area contributed by atoms with Crippen LogP contribution in [0.15, 0.2) is 78.0 Å². The van der Waals surface area contributed by atoms with Gasteiger partial charge in [0.1, 0.15) is 37.5 Å². The number of carboxylic acids is 1. The predicted octanol–water partition coefficient (Wildman–Crippen LogP) is 4.48. The monoisotopic (exact) mass is 448 g/mol. The third-order valence-electron chi connectivity index (χ3n) is 4.99. The first-order valence-electron chi connectivity index (χ1n) is 10.5. The molecule has 0 amide bonds. The van der Waals surface area contributed by atoms with Gasteiger partial charge in [-0.1, -0.05) is 59.3 Å². The van der Waals surface area contributed by atoms with Crippen molar-refractivity contribution in [3.8, 4) is 11.5 Å². The van der Waals surface area contributed by atoms with Crippen molar-refractivity contribution in [2.45, 2.75) is 26.0 Å². The van der Waals surface area contributed by atoms with Crippen LogP contribution >= 0.6 is 0 Å². The number of nitrogens with zero attached hydrogens (tertiary/aromatic N) is 1. The van der Waals surface area contributed by atoms with Gasteiger partial charge >= 0.3 is 5.97 Å². The van der Waals surface area contributed by atoms with Crippen molar-refractivity contribution in [2.24, 2.45) is 10.9 Å². The molecule has 3 rings (SSSR count). The first kappa shape index (κ1) is 23.8. The summed E-state index contributed by atoms with van der Waals surface area (Å²) < 4.78 is 11.7. The Morgan fingerprint density at radius 1 is 0.939 bits per heavy atom. The molecule has 1 unspecified atom stereocenters. The lowest BCUT2D eigenvalue weighted by atomic mass is 10.0. The van der Waals surface area contributed by atoms with E-state index in [4.69, 9.17) is 25.2 Å². The lowest BCUT2D eigenvalue weighted by Crippen LogP contribution is -2.14. The van der Waals surface area contributed by atoms with Crippen LogP contribution < -0.4 is 15.2 Å². The van der Waals surface area contributed by atoms with Gasteiger partial charge in [-0.25, -0.2) is 0 Å². The first-order valence-corrected chi connectivity index (χ1v) is 10.5. The molecular weight excluding hydrogens is 420 g/mol. The minimum absolute atomic E-state index is 0.113. The van der Waals surface area contributed by atoms with Crippen LogP contribution in [0, 0.1) is 6.92 Å². The summed E-state index contributed by atoms with van der Waals surface area (Å²) >= 11 is 0. The van der Waals surface area contributed by atoms with Crippen molar-refractivity contribution >= 4 is 11.7 Å². The number of ether oxygens (including phenoxy) is 2. The highest BCUT2D eigenvalue weighted by atomic mass is 16.6. The van der Waals surface area contributed by atoms with Gasteiger partial charge in [-0.05, 0) is 42.3 Å². The van der Waals surface area contributed by atoms with E-state index in [1.807, 2.05) is 55.5 Å². The lowest BCUT2D eigenvalue weighted by Gasteiger charge is -2.12. The zero-order valence-electron chi connectivity index (χ0n) is 18.7. The molecule has 172 valence electrons. The third-order valence-corrected chi connectivity index (χ3v) is 4.99. The Hall–Kier alpha value is -3.84. The van der Waals surface area contributed by atoms with Crippen LogP contribution in [0.2, 0.25) is 0 Å². The number of carboxylic acid groups (broad SMARTS) is 1. The van der Waals surface area contributed by atoms with Crippen LogP contribution in [-0.4, -0.2) is 30.5 Å². The van der Waals surface area contributed by atoms with Crippen molar-refractivity contribution in [2.75, 3.05) is 13.7 Å². The molecule has 0 heterocycles. The number of oxime groups is 1. The van der Waals surface area contributed by atoms with E-state index >= 15 is 0 Å². The maximum Gasteiger partial charge on any atom is 0.305 e. The molecule has 33 heavy (non-hydrogen) atoms. The average molecular weight is 449 g/mol. The highest BCUT2D eigenvalue weighted by Crippen LogP contribution is 2.20. The number of rotatable bonds is 11. The molecule has 3 N–H and O–H groups in total. The second-order valence-corrected chi connectivity index (χ2v) is 7.58. The number of hydrogen-bond donors (Lipinski definition) is 2. The molecule has 3 aromatic rings. The standard InChI is InChI=1S/C26H28N2O5/c1-18-3-7-21(8-4-18)25(28-31-2)17-33-22-11-5-19(6-12-22)16-32-23-13-9-20(10-14-23)24(27)15-26(29)30/h3-14,24H,15-17,27H2,1-2H3,(H,29,30)/b28-25+. The number of aryl methyl sites for hydroxylation is 1. The molecule has 1 atom stereocenters. The Labute approximate surface area is 193 Å². The van der Waals surface area contributed by atoms with Gasteiger partial charge in [-0.2, -0.15) is 0 Å². The van der Waals surface area contributed by atoms with Crippen LogP contribution in [0.25, 0.3) is 0 Å². The Balaban J connectivity index is 1.52. The largest absolute Gasteiger partial charge is 0.489 e. The maximum absolute atomic E-state index is 10.8. The van der Waals surface area contributed by atoms with Crippen molar-refractivity contribution in [3.63, 3.8) is 0 Å². The normalized spacial score (nSPS) is 12.2. The smallest absolute Gasteiger partial charge is 0.305 e. The first-order chi connectivity index (χ1) is 15.9. The molecule has 3 aromatic carbocycles. The summed E-state index contributed by atoms with van der Waals surface area (Å²) in [4.78, 5) is 15.8. The fourth-order valence-corrected chi connectivity index (χ4v) is 3.14. The topological polar surface area (TPSA) is 103 Å². The summed E-state index contributed by atoms with van der Waals surface area (Å²) in [6.07, 6.45) is -0.113. The van der Waals surface area contributed by atoms with Gasteiger partial charge in [0.15, 0.2) is 0 Å². The molecule has 0 radical (unpaired) electrons. The second kappa shape index (κ2) is 11.7. The molecule has 0 aliphatic heterocycles. The molecule has 0 saturated heterocycles. The number of hydrogen-bond acceptors (Lipinski definition) is 6. The van der Waals surface area contributed by atoms with Crippen LogP contribution in [0.1, 0.15) is 34.7 Å². The highest BCUT2D eigenvalue weighted by molar-refractivity contribution is 6.01. The molecule has 7 heteroatoms. The SMILES string of the molecule is CO/N=C(\COc1ccc(COc2ccc(C(N)CC(=O)O)cc2)cc1)c1ccc(C)cc1. The Kier molecular flexibility index (Phi) is 8.43. The van der Waals surface area contributed by atoms with Gasteiger partial charge in [-0.15, -0.1) is 0 Å². The molecule has 0 aliphatic carbocycles. The summed E-state index contributed by atoms with van der Waals surface area (Å²) in [6.45, 7) is 2.70. The summed E-state index contributed by atoms with van der Waals surface area (Å²) in [5.41, 5.74) is 10.4. The number of carbonyl (C=O) groups is 1. The molecule has 7 nitrogen and oxygen atoms in total. The Bertz CT molecular complexity index is 1060. The lowest BCUT2D eigenvalue weighted by molar-refractivity contribution is -0.137.